The van der Waals surface area contributed by atoms with Crippen molar-refractivity contribution < 1.29 is 24.3 Å². The lowest BCUT2D eigenvalue weighted by Gasteiger charge is -2.17. The van der Waals surface area contributed by atoms with E-state index in [-0.39, 0.29) is 19.4 Å². The minimum Gasteiger partial charge on any atom is -0.432 e. The van der Waals surface area contributed by atoms with Crippen LogP contribution < -0.4 is 0 Å². The Morgan fingerprint density at radius 3 is 2.93 bits per heavy atom. The summed E-state index contributed by atoms with van der Waals surface area (Å²) in [6.07, 6.45) is -1.55. The molecule has 80 valence electrons. The fraction of sp³-hybridized carbons (Fsp3) is 0.714. The number of nitrogens with zero attached hydrogens (tertiary/aromatic N) is 1. The second-order valence-corrected chi connectivity index (χ2v) is 3.70. The number of aliphatic hydroxyl groups is 1. The van der Waals surface area contributed by atoms with Gasteiger partial charge in [0.15, 0.2) is 6.23 Å². The Bertz CT molecular complexity index is 234. The quantitative estimate of drug-likeness (QED) is 0.464. The van der Waals surface area contributed by atoms with Crippen molar-refractivity contribution in [3.8, 4) is 0 Å². The molecule has 0 bridgehead atoms. The highest BCUT2D eigenvalue weighted by molar-refractivity contribution is 14.1. The van der Waals surface area contributed by atoms with E-state index in [9.17, 15) is 14.7 Å². The SMILES string of the molecule is O=C(OCCI)ON1C(=O)CCC1O. The van der Waals surface area contributed by atoms with E-state index in [1.54, 1.807) is 0 Å². The second-order valence-electron chi connectivity index (χ2n) is 2.62. The molecule has 1 unspecified atom stereocenters. The largest absolute Gasteiger partial charge is 0.533 e. The lowest BCUT2D eigenvalue weighted by atomic mass is 10.4. The molecule has 0 aromatic carbocycles. The minimum atomic E-state index is -1.05. The van der Waals surface area contributed by atoms with Gasteiger partial charge in [0, 0.05) is 17.3 Å². The van der Waals surface area contributed by atoms with Crippen LogP contribution >= 0.6 is 22.6 Å². The third-order valence-electron chi connectivity index (χ3n) is 1.60. The maximum absolute atomic E-state index is 11.0. The number of halogens is 1. The molecule has 14 heavy (non-hydrogen) atoms. The number of rotatable bonds is 3. The molecule has 7 heteroatoms. The fourth-order valence-electron chi connectivity index (χ4n) is 0.987. The fourth-order valence-corrected chi connectivity index (χ4v) is 1.21. The van der Waals surface area contributed by atoms with Crippen molar-refractivity contribution in [2.75, 3.05) is 11.0 Å². The molecule has 1 heterocycles. The highest BCUT2D eigenvalue weighted by atomic mass is 127. The Hall–Kier alpha value is -0.570. The van der Waals surface area contributed by atoms with Gasteiger partial charge in [-0.15, -0.1) is 5.06 Å². The van der Waals surface area contributed by atoms with Gasteiger partial charge in [0.25, 0.3) is 5.91 Å². The smallest absolute Gasteiger partial charge is 0.432 e. The van der Waals surface area contributed by atoms with Crippen LogP contribution in [-0.2, 0) is 14.4 Å². The Morgan fingerprint density at radius 1 is 1.71 bits per heavy atom. The number of alkyl halides is 1. The van der Waals surface area contributed by atoms with E-state index >= 15 is 0 Å². The zero-order valence-electron chi connectivity index (χ0n) is 7.31. The van der Waals surface area contributed by atoms with Gasteiger partial charge in [0.2, 0.25) is 0 Å². The van der Waals surface area contributed by atoms with Crippen molar-refractivity contribution in [3.05, 3.63) is 0 Å². The predicted octanol–water partition coefficient (Wildman–Crippen LogP) is 0.430. The molecule has 0 aliphatic carbocycles. The Labute approximate surface area is 94.2 Å². The average molecular weight is 315 g/mol. The lowest BCUT2D eigenvalue weighted by molar-refractivity contribution is -0.198. The maximum atomic E-state index is 11.0. The molecule has 6 nitrogen and oxygen atoms in total. The van der Waals surface area contributed by atoms with Gasteiger partial charge in [-0.2, -0.15) is 0 Å². The number of hydrogen-bond acceptors (Lipinski definition) is 5. The van der Waals surface area contributed by atoms with Crippen molar-refractivity contribution >= 4 is 34.7 Å². The number of amides is 1. The number of hydroxylamine groups is 2. The van der Waals surface area contributed by atoms with Crippen LogP contribution in [0.1, 0.15) is 12.8 Å². The molecule has 1 rings (SSSR count). The minimum absolute atomic E-state index is 0.181. The first-order chi connectivity index (χ1) is 6.65. The van der Waals surface area contributed by atoms with Gasteiger partial charge in [-0.3, -0.25) is 4.79 Å². The van der Waals surface area contributed by atoms with Crippen molar-refractivity contribution in [3.63, 3.8) is 0 Å². The van der Waals surface area contributed by atoms with E-state index in [0.29, 0.717) is 9.49 Å². The number of carbonyl (C=O) groups is 2. The Balaban J connectivity index is 2.35. The molecule has 1 fully saturated rings. The van der Waals surface area contributed by atoms with Crippen LogP contribution in [-0.4, -0.2) is 39.5 Å². The summed E-state index contributed by atoms with van der Waals surface area (Å²) in [5.74, 6) is -0.413. The topological polar surface area (TPSA) is 76.1 Å². The van der Waals surface area contributed by atoms with Crippen molar-refractivity contribution in [1.82, 2.24) is 5.06 Å². The number of ether oxygens (including phenoxy) is 1. The normalized spacial score (nSPS) is 21.1. The Morgan fingerprint density at radius 2 is 2.43 bits per heavy atom. The van der Waals surface area contributed by atoms with E-state index in [2.05, 4.69) is 9.57 Å². The maximum Gasteiger partial charge on any atom is 0.533 e. The summed E-state index contributed by atoms with van der Waals surface area (Å²) >= 11 is 2.03. The molecule has 1 aliphatic heterocycles. The summed E-state index contributed by atoms with van der Waals surface area (Å²) in [5, 5.41) is 9.85. The van der Waals surface area contributed by atoms with Crippen LogP contribution in [0.25, 0.3) is 0 Å². The Kier molecular flexibility index (Phi) is 4.39. The van der Waals surface area contributed by atoms with Gasteiger partial charge < -0.3 is 14.7 Å². The molecule has 1 amide bonds. The van der Waals surface area contributed by atoms with E-state index in [1.807, 2.05) is 22.6 Å². The van der Waals surface area contributed by atoms with Gasteiger partial charge in [-0.1, -0.05) is 22.6 Å². The van der Waals surface area contributed by atoms with E-state index in [1.165, 1.54) is 0 Å². The first-order valence-electron chi connectivity index (χ1n) is 4.06. The van der Waals surface area contributed by atoms with Crippen LogP contribution in [0.4, 0.5) is 4.79 Å². The summed E-state index contributed by atoms with van der Waals surface area (Å²) in [6, 6.07) is 0. The van der Waals surface area contributed by atoms with Crippen LogP contribution in [0.5, 0.6) is 0 Å². The first kappa shape index (κ1) is 11.5. The summed E-state index contributed by atoms with van der Waals surface area (Å²) in [4.78, 5) is 26.4. The number of hydrogen-bond donors (Lipinski definition) is 1. The number of aliphatic hydroxyl groups excluding tert-OH is 1. The molecule has 0 radical (unpaired) electrons. The molecular weight excluding hydrogens is 305 g/mol. The first-order valence-corrected chi connectivity index (χ1v) is 5.58. The highest BCUT2D eigenvalue weighted by Gasteiger charge is 2.33. The molecule has 0 saturated carbocycles. The molecular formula is C7H10INO5. The van der Waals surface area contributed by atoms with Crippen LogP contribution in [0.3, 0.4) is 0 Å². The van der Waals surface area contributed by atoms with Crippen LogP contribution in [0.15, 0.2) is 0 Å². The monoisotopic (exact) mass is 315 g/mol. The van der Waals surface area contributed by atoms with Gasteiger partial charge >= 0.3 is 6.16 Å². The molecule has 0 aromatic rings. The summed E-state index contributed by atoms with van der Waals surface area (Å²) in [7, 11) is 0. The van der Waals surface area contributed by atoms with E-state index in [0.717, 1.165) is 0 Å². The van der Waals surface area contributed by atoms with Gasteiger partial charge in [0.05, 0.1) is 0 Å². The van der Waals surface area contributed by atoms with Crippen molar-refractivity contribution in [2.24, 2.45) is 0 Å². The van der Waals surface area contributed by atoms with E-state index in [4.69, 9.17) is 0 Å². The predicted molar refractivity (Wildman–Crippen MR) is 53.4 cm³/mol. The summed E-state index contributed by atoms with van der Waals surface area (Å²) < 4.78 is 5.22. The molecule has 1 N–H and O–H groups in total. The molecule has 1 atom stereocenters. The van der Waals surface area contributed by atoms with E-state index < -0.39 is 18.3 Å². The molecule has 1 saturated heterocycles. The van der Waals surface area contributed by atoms with Gasteiger partial charge in [-0.05, 0) is 0 Å². The van der Waals surface area contributed by atoms with Crippen LogP contribution in [0, 0.1) is 0 Å². The van der Waals surface area contributed by atoms with Crippen molar-refractivity contribution in [2.45, 2.75) is 19.1 Å². The zero-order valence-corrected chi connectivity index (χ0v) is 9.47. The van der Waals surface area contributed by atoms with Crippen molar-refractivity contribution in [1.29, 1.82) is 0 Å². The molecule has 0 spiro atoms. The third kappa shape index (κ3) is 2.98. The van der Waals surface area contributed by atoms with Crippen LogP contribution in [0.2, 0.25) is 0 Å². The van der Waals surface area contributed by atoms with Gasteiger partial charge in [0.1, 0.15) is 6.61 Å². The standard InChI is InChI=1S/C7H10INO5/c8-3-4-13-7(12)14-9-5(10)1-2-6(9)11/h5,10H,1-4H2. The summed E-state index contributed by atoms with van der Waals surface area (Å²) in [6.45, 7) is 0.220. The lowest BCUT2D eigenvalue weighted by Crippen LogP contribution is -2.35. The zero-order chi connectivity index (χ0) is 10.6. The second kappa shape index (κ2) is 5.35. The van der Waals surface area contributed by atoms with Gasteiger partial charge in [-0.25, -0.2) is 4.79 Å². The highest BCUT2D eigenvalue weighted by Crippen LogP contribution is 2.16. The average Bonchev–Trinajstić information content (AvgIpc) is 2.46. The molecule has 1 aliphatic rings. The third-order valence-corrected chi connectivity index (χ3v) is 2.04. The number of carbonyl (C=O) groups excluding carboxylic acids is 2. The molecule has 0 aromatic heterocycles. The summed E-state index contributed by atoms with van der Waals surface area (Å²) in [5.41, 5.74) is 0.